The van der Waals surface area contributed by atoms with Crippen molar-refractivity contribution in [1.82, 2.24) is 5.32 Å². The lowest BCUT2D eigenvalue weighted by atomic mass is 10.1. The molecule has 1 aliphatic heterocycles. The third kappa shape index (κ3) is 3.46. The molecule has 1 N–H and O–H groups in total. The van der Waals surface area contributed by atoms with Gasteiger partial charge in [0.25, 0.3) is 5.91 Å². The molecule has 0 bridgehead atoms. The molecule has 4 nitrogen and oxygen atoms in total. The number of halogens is 3. The van der Waals surface area contributed by atoms with Crippen LogP contribution in [0.2, 0.25) is 0 Å². The number of rotatable bonds is 2. The molecule has 1 amide bonds. The lowest BCUT2D eigenvalue weighted by Gasteiger charge is -2.14. The molecule has 2 atom stereocenters. The van der Waals surface area contributed by atoms with Crippen molar-refractivity contribution in [2.45, 2.75) is 11.4 Å². The number of hydrogen-bond donors (Lipinski definition) is 1. The average molecular weight is 371 g/mol. The molecule has 1 heterocycles. The van der Waals surface area contributed by atoms with Gasteiger partial charge in [0.1, 0.15) is 5.82 Å². The zero-order valence-electron chi connectivity index (χ0n) is 9.57. The summed E-state index contributed by atoms with van der Waals surface area (Å²) < 4.78 is 36.8. The van der Waals surface area contributed by atoms with Crippen LogP contribution in [0.15, 0.2) is 22.7 Å². The smallest absolute Gasteiger partial charge is 0.254 e. The highest BCUT2D eigenvalue weighted by Crippen LogP contribution is 2.20. The van der Waals surface area contributed by atoms with Gasteiger partial charge < -0.3 is 5.32 Å². The number of amides is 1. The number of carbonyl (C=O) groups excluding carboxylic acids is 1. The molecule has 0 aliphatic carbocycles. The third-order valence-electron chi connectivity index (χ3n) is 2.78. The second kappa shape index (κ2) is 5.38. The van der Waals surface area contributed by atoms with Gasteiger partial charge in [-0.2, -0.15) is 0 Å². The molecule has 8 heteroatoms. The van der Waals surface area contributed by atoms with Crippen molar-refractivity contribution in [3.05, 3.63) is 34.1 Å². The number of sulfone groups is 1. The molecule has 1 aliphatic rings. The zero-order chi connectivity index (χ0) is 14.2. The quantitative estimate of drug-likeness (QED) is 0.806. The van der Waals surface area contributed by atoms with Gasteiger partial charge in [-0.1, -0.05) is 15.9 Å². The Kier molecular flexibility index (Phi) is 4.17. The van der Waals surface area contributed by atoms with Gasteiger partial charge in [0, 0.05) is 4.47 Å². The number of benzene rings is 1. The second-order valence-electron chi connectivity index (χ2n) is 4.30. The molecule has 1 fully saturated rings. The van der Waals surface area contributed by atoms with E-state index in [9.17, 15) is 17.6 Å². The molecule has 0 saturated carbocycles. The molecule has 2 rings (SSSR count). The maximum absolute atomic E-state index is 13.6. The van der Waals surface area contributed by atoms with E-state index >= 15 is 0 Å². The molecule has 1 aromatic carbocycles. The number of carbonyl (C=O) groups is 1. The van der Waals surface area contributed by atoms with E-state index in [1.165, 1.54) is 18.2 Å². The van der Waals surface area contributed by atoms with Gasteiger partial charge in [0.2, 0.25) is 0 Å². The van der Waals surface area contributed by atoms with Gasteiger partial charge in [0.15, 0.2) is 9.84 Å². The lowest BCUT2D eigenvalue weighted by Crippen LogP contribution is -2.40. The minimum Gasteiger partial charge on any atom is -0.347 e. The Balaban J connectivity index is 2.14. The van der Waals surface area contributed by atoms with Crippen LogP contribution in [0, 0.1) is 5.82 Å². The summed E-state index contributed by atoms with van der Waals surface area (Å²) in [5.41, 5.74) is -0.142. The number of nitrogens with one attached hydrogen (secondary N) is 1. The highest BCUT2D eigenvalue weighted by Gasteiger charge is 2.37. The minimum absolute atomic E-state index is 0.142. The average Bonchev–Trinajstić information content (AvgIpc) is 2.51. The first-order chi connectivity index (χ1) is 8.78. The predicted molar refractivity (Wildman–Crippen MR) is 73.6 cm³/mol. The summed E-state index contributed by atoms with van der Waals surface area (Å²) in [5.74, 6) is -1.75. The van der Waals surface area contributed by atoms with Crippen LogP contribution in [0.3, 0.4) is 0 Å². The molecule has 2 unspecified atom stereocenters. The van der Waals surface area contributed by atoms with Crippen LogP contribution in [0.4, 0.5) is 4.39 Å². The molecular formula is C11H10BrClFNO3S. The van der Waals surface area contributed by atoms with Crippen molar-refractivity contribution in [2.75, 3.05) is 11.5 Å². The Labute approximate surface area is 123 Å². The van der Waals surface area contributed by atoms with Crippen LogP contribution in [-0.2, 0) is 9.84 Å². The Morgan fingerprint density at radius 1 is 1.42 bits per heavy atom. The molecule has 19 heavy (non-hydrogen) atoms. The lowest BCUT2D eigenvalue weighted by molar-refractivity contribution is 0.0937. The summed E-state index contributed by atoms with van der Waals surface area (Å²) in [5, 5.41) is 1.77. The van der Waals surface area contributed by atoms with Crippen LogP contribution in [-0.4, -0.2) is 37.2 Å². The number of hydrogen-bond acceptors (Lipinski definition) is 3. The molecule has 1 saturated heterocycles. The maximum atomic E-state index is 13.6. The molecular weight excluding hydrogens is 361 g/mol. The fraction of sp³-hybridized carbons (Fsp3) is 0.364. The van der Waals surface area contributed by atoms with Crippen LogP contribution in [0.25, 0.3) is 0 Å². The fourth-order valence-corrected chi connectivity index (χ4v) is 4.74. The summed E-state index contributed by atoms with van der Waals surface area (Å²) in [4.78, 5) is 11.9. The molecule has 1 aromatic rings. The van der Waals surface area contributed by atoms with Crippen molar-refractivity contribution in [3.8, 4) is 0 Å². The first kappa shape index (κ1) is 14.7. The molecule has 0 aromatic heterocycles. The maximum Gasteiger partial charge on any atom is 0.254 e. The van der Waals surface area contributed by atoms with Gasteiger partial charge in [-0.25, -0.2) is 12.8 Å². The first-order valence-electron chi connectivity index (χ1n) is 5.39. The Morgan fingerprint density at radius 3 is 2.63 bits per heavy atom. The van der Waals surface area contributed by atoms with Crippen LogP contribution in [0.1, 0.15) is 10.4 Å². The third-order valence-corrected chi connectivity index (χ3v) is 5.64. The van der Waals surface area contributed by atoms with Gasteiger partial charge >= 0.3 is 0 Å². The van der Waals surface area contributed by atoms with E-state index in [1.54, 1.807) is 0 Å². The largest absolute Gasteiger partial charge is 0.347 e. The standard InChI is InChI=1S/C11H10BrClFNO3S/c12-6-1-2-7(9(14)3-6)11(16)15-10-5-19(17,18)4-8(10)13/h1-3,8,10H,4-5H2,(H,15,16). The second-order valence-corrected chi connectivity index (χ2v) is 7.93. The van der Waals surface area contributed by atoms with Gasteiger partial charge in [0.05, 0.1) is 28.5 Å². The highest BCUT2D eigenvalue weighted by molar-refractivity contribution is 9.10. The molecule has 0 radical (unpaired) electrons. The Morgan fingerprint density at radius 2 is 2.11 bits per heavy atom. The summed E-state index contributed by atoms with van der Waals surface area (Å²) in [6, 6.07) is 3.32. The topological polar surface area (TPSA) is 63.2 Å². The van der Waals surface area contributed by atoms with Crippen LogP contribution in [0.5, 0.6) is 0 Å². The van der Waals surface area contributed by atoms with E-state index in [0.717, 1.165) is 0 Å². The summed E-state index contributed by atoms with van der Waals surface area (Å²) >= 11 is 8.95. The minimum atomic E-state index is -3.24. The van der Waals surface area contributed by atoms with Crippen LogP contribution >= 0.6 is 27.5 Å². The van der Waals surface area contributed by atoms with Crippen LogP contribution < -0.4 is 5.32 Å². The van der Waals surface area contributed by atoms with Gasteiger partial charge in [-0.15, -0.1) is 11.6 Å². The van der Waals surface area contributed by atoms with Gasteiger partial charge in [-0.05, 0) is 18.2 Å². The van der Waals surface area contributed by atoms with Crippen molar-refractivity contribution < 1.29 is 17.6 Å². The normalized spacial score (nSPS) is 25.2. The van der Waals surface area contributed by atoms with E-state index in [4.69, 9.17) is 11.6 Å². The molecule has 104 valence electrons. The molecule has 0 spiro atoms. The predicted octanol–water partition coefficient (Wildman–Crippen LogP) is 1.72. The highest BCUT2D eigenvalue weighted by atomic mass is 79.9. The van der Waals surface area contributed by atoms with E-state index in [0.29, 0.717) is 4.47 Å². The van der Waals surface area contributed by atoms with E-state index in [-0.39, 0.29) is 17.1 Å². The van der Waals surface area contributed by atoms with Crippen molar-refractivity contribution in [1.29, 1.82) is 0 Å². The Bertz CT molecular complexity index is 622. The summed E-state index contributed by atoms with van der Waals surface area (Å²) in [6.07, 6.45) is 0. The SMILES string of the molecule is O=C(NC1CS(=O)(=O)CC1Cl)c1ccc(Br)cc1F. The first-order valence-corrected chi connectivity index (χ1v) is 8.44. The summed E-state index contributed by atoms with van der Waals surface area (Å²) in [6.45, 7) is 0. The zero-order valence-corrected chi connectivity index (χ0v) is 12.7. The van der Waals surface area contributed by atoms with E-state index in [2.05, 4.69) is 21.2 Å². The Hall–Kier alpha value is -0.660. The monoisotopic (exact) mass is 369 g/mol. The van der Waals surface area contributed by atoms with E-state index < -0.39 is 33.0 Å². The van der Waals surface area contributed by atoms with Crippen molar-refractivity contribution in [3.63, 3.8) is 0 Å². The van der Waals surface area contributed by atoms with E-state index in [1.807, 2.05) is 0 Å². The van der Waals surface area contributed by atoms with Crippen molar-refractivity contribution in [2.24, 2.45) is 0 Å². The van der Waals surface area contributed by atoms with Crippen molar-refractivity contribution >= 4 is 43.3 Å². The fourth-order valence-electron chi connectivity index (χ4n) is 1.86. The van der Waals surface area contributed by atoms with Gasteiger partial charge in [-0.3, -0.25) is 4.79 Å². The number of alkyl halides is 1. The summed E-state index contributed by atoms with van der Waals surface area (Å²) in [7, 11) is -3.24.